The zero-order chi connectivity index (χ0) is 23.5. The molecule has 0 bridgehead atoms. The second kappa shape index (κ2) is 9.13. The van der Waals surface area contributed by atoms with Crippen LogP contribution >= 0.6 is 11.6 Å². The fourth-order valence-electron chi connectivity index (χ4n) is 3.39. The highest BCUT2D eigenvalue weighted by Crippen LogP contribution is 2.34. The van der Waals surface area contributed by atoms with Gasteiger partial charge in [-0.1, -0.05) is 29.8 Å². The van der Waals surface area contributed by atoms with Crippen LogP contribution < -0.4 is 10.3 Å². The number of hydrogen-bond acceptors (Lipinski definition) is 5. The van der Waals surface area contributed by atoms with E-state index in [4.69, 9.17) is 16.3 Å². The SMILES string of the molecule is CC(=Nc1cc(Cl)ccc1Oc1ccccc1)c1c(C)[nH]n(-c2ccc([N+](=O)[O-])cc2)c1=O. The summed E-state index contributed by atoms with van der Waals surface area (Å²) in [6.07, 6.45) is 0. The van der Waals surface area contributed by atoms with Crippen LogP contribution in [0.25, 0.3) is 5.69 Å². The summed E-state index contributed by atoms with van der Waals surface area (Å²) in [4.78, 5) is 28.2. The maximum atomic E-state index is 13.1. The molecule has 0 aliphatic rings. The van der Waals surface area contributed by atoms with Crippen molar-refractivity contribution in [2.75, 3.05) is 0 Å². The molecule has 0 radical (unpaired) electrons. The molecule has 0 aliphatic carbocycles. The topological polar surface area (TPSA) is 103 Å². The molecule has 0 spiro atoms. The van der Waals surface area contributed by atoms with Crippen LogP contribution in [0.15, 0.2) is 82.6 Å². The van der Waals surface area contributed by atoms with Gasteiger partial charge in [0.2, 0.25) is 0 Å². The highest BCUT2D eigenvalue weighted by Gasteiger charge is 2.17. The van der Waals surface area contributed by atoms with Crippen LogP contribution in [-0.4, -0.2) is 20.4 Å². The monoisotopic (exact) mass is 462 g/mol. The summed E-state index contributed by atoms with van der Waals surface area (Å²) < 4.78 is 7.28. The van der Waals surface area contributed by atoms with Gasteiger partial charge in [0.15, 0.2) is 5.75 Å². The molecule has 1 heterocycles. The molecule has 4 rings (SSSR count). The van der Waals surface area contributed by atoms with Gasteiger partial charge in [-0.25, -0.2) is 9.67 Å². The zero-order valence-electron chi connectivity index (χ0n) is 17.8. The maximum absolute atomic E-state index is 13.1. The summed E-state index contributed by atoms with van der Waals surface area (Å²) >= 11 is 6.19. The van der Waals surface area contributed by atoms with Gasteiger partial charge in [-0.15, -0.1) is 0 Å². The second-order valence-electron chi connectivity index (χ2n) is 7.25. The molecule has 0 fully saturated rings. The molecule has 33 heavy (non-hydrogen) atoms. The van der Waals surface area contributed by atoms with E-state index in [2.05, 4.69) is 10.1 Å². The lowest BCUT2D eigenvalue weighted by atomic mass is 10.1. The number of H-pyrrole nitrogens is 1. The van der Waals surface area contributed by atoms with Gasteiger partial charge in [0.05, 0.1) is 21.9 Å². The minimum Gasteiger partial charge on any atom is -0.455 e. The van der Waals surface area contributed by atoms with Gasteiger partial charge >= 0.3 is 0 Å². The Morgan fingerprint density at radius 1 is 1.09 bits per heavy atom. The zero-order valence-corrected chi connectivity index (χ0v) is 18.5. The smallest absolute Gasteiger partial charge is 0.280 e. The van der Waals surface area contributed by atoms with Crippen LogP contribution in [0.4, 0.5) is 11.4 Å². The molecule has 0 saturated carbocycles. The van der Waals surface area contributed by atoms with Gasteiger partial charge in [-0.2, -0.15) is 0 Å². The second-order valence-corrected chi connectivity index (χ2v) is 7.69. The molecule has 0 amide bonds. The maximum Gasteiger partial charge on any atom is 0.280 e. The predicted octanol–water partition coefficient (Wildman–Crippen LogP) is 5.97. The first-order valence-corrected chi connectivity index (χ1v) is 10.4. The number of aromatic amines is 1. The van der Waals surface area contributed by atoms with Crippen molar-refractivity contribution in [3.8, 4) is 17.2 Å². The van der Waals surface area contributed by atoms with E-state index in [1.54, 1.807) is 32.0 Å². The molecule has 1 N–H and O–H groups in total. The first-order chi connectivity index (χ1) is 15.8. The number of benzene rings is 3. The summed E-state index contributed by atoms with van der Waals surface area (Å²) in [6.45, 7) is 3.49. The van der Waals surface area contributed by atoms with Crippen LogP contribution in [0.2, 0.25) is 5.02 Å². The third-order valence-corrected chi connectivity index (χ3v) is 5.17. The molecule has 9 heteroatoms. The highest BCUT2D eigenvalue weighted by molar-refractivity contribution is 6.31. The van der Waals surface area contributed by atoms with E-state index in [0.717, 1.165) is 0 Å². The van der Waals surface area contributed by atoms with Gasteiger partial charge < -0.3 is 4.74 Å². The van der Waals surface area contributed by atoms with Crippen molar-refractivity contribution in [3.05, 3.63) is 110 Å². The van der Waals surface area contributed by atoms with Crippen molar-refractivity contribution in [1.82, 2.24) is 9.78 Å². The Labute approximate surface area is 193 Å². The van der Waals surface area contributed by atoms with E-state index >= 15 is 0 Å². The number of aromatic nitrogens is 2. The number of nitrogens with one attached hydrogen (secondary N) is 1. The normalized spacial score (nSPS) is 11.4. The molecule has 0 atom stereocenters. The lowest BCUT2D eigenvalue weighted by Crippen LogP contribution is -2.19. The fourth-order valence-corrected chi connectivity index (χ4v) is 3.56. The minimum absolute atomic E-state index is 0.0556. The Morgan fingerprint density at radius 2 is 1.79 bits per heavy atom. The summed E-state index contributed by atoms with van der Waals surface area (Å²) in [5.74, 6) is 1.14. The van der Waals surface area contributed by atoms with Crippen LogP contribution in [0.5, 0.6) is 11.5 Å². The van der Waals surface area contributed by atoms with Gasteiger partial charge in [0.1, 0.15) is 11.4 Å². The van der Waals surface area contributed by atoms with Crippen LogP contribution in [0.3, 0.4) is 0 Å². The van der Waals surface area contributed by atoms with Crippen molar-refractivity contribution in [1.29, 1.82) is 0 Å². The molecule has 166 valence electrons. The van der Waals surface area contributed by atoms with Gasteiger partial charge in [-0.05, 0) is 56.3 Å². The molecule has 0 saturated heterocycles. The van der Waals surface area contributed by atoms with Crippen molar-refractivity contribution in [2.45, 2.75) is 13.8 Å². The summed E-state index contributed by atoms with van der Waals surface area (Å²) in [6, 6.07) is 20.1. The number of rotatable bonds is 6. The first-order valence-electron chi connectivity index (χ1n) is 9.98. The molecule has 4 aromatic rings. The van der Waals surface area contributed by atoms with Crippen molar-refractivity contribution >= 4 is 28.7 Å². The van der Waals surface area contributed by atoms with Gasteiger partial charge in [-0.3, -0.25) is 20.0 Å². The summed E-state index contributed by atoms with van der Waals surface area (Å²) in [7, 11) is 0. The highest BCUT2D eigenvalue weighted by atomic mass is 35.5. The van der Waals surface area contributed by atoms with Gasteiger partial charge in [0.25, 0.3) is 11.2 Å². The lowest BCUT2D eigenvalue weighted by molar-refractivity contribution is -0.384. The number of nitrogens with zero attached hydrogens (tertiary/aromatic N) is 3. The average Bonchev–Trinajstić information content (AvgIpc) is 3.10. The number of ether oxygens (including phenoxy) is 1. The Balaban J connectivity index is 1.72. The number of halogens is 1. The number of nitro groups is 1. The van der Waals surface area contributed by atoms with E-state index in [1.165, 1.54) is 28.9 Å². The minimum atomic E-state index is -0.491. The van der Waals surface area contributed by atoms with Crippen molar-refractivity contribution in [2.24, 2.45) is 4.99 Å². The van der Waals surface area contributed by atoms with E-state index in [1.807, 2.05) is 30.3 Å². The number of aryl methyl sites for hydroxylation is 1. The molecular formula is C24H19ClN4O4. The molecule has 0 aliphatic heterocycles. The Bertz CT molecular complexity index is 1410. The summed E-state index contributed by atoms with van der Waals surface area (Å²) in [5.41, 5.74) is 2.03. The number of aliphatic imine (C=N–C) groups is 1. The van der Waals surface area contributed by atoms with E-state index in [-0.39, 0.29) is 11.2 Å². The Kier molecular flexibility index (Phi) is 6.10. The van der Waals surface area contributed by atoms with E-state index in [0.29, 0.717) is 44.9 Å². The fraction of sp³-hybridized carbons (Fsp3) is 0.0833. The number of nitro benzene ring substituents is 1. The molecule has 0 unspecified atom stereocenters. The van der Waals surface area contributed by atoms with Crippen LogP contribution in [-0.2, 0) is 0 Å². The number of non-ortho nitro benzene ring substituents is 1. The van der Waals surface area contributed by atoms with Crippen LogP contribution in [0, 0.1) is 17.0 Å². The number of hydrogen-bond donors (Lipinski definition) is 1. The Hall–Kier alpha value is -4.17. The van der Waals surface area contributed by atoms with Crippen molar-refractivity contribution in [3.63, 3.8) is 0 Å². The largest absolute Gasteiger partial charge is 0.455 e. The van der Waals surface area contributed by atoms with Crippen molar-refractivity contribution < 1.29 is 9.66 Å². The Morgan fingerprint density at radius 3 is 2.45 bits per heavy atom. The molecule has 8 nitrogen and oxygen atoms in total. The molecular weight excluding hydrogens is 444 g/mol. The standard InChI is InChI=1S/C24H19ClN4O4/c1-15(26-21-14-17(25)8-13-22(21)33-20-6-4-3-5-7-20)23-16(2)27-28(24(23)30)18-9-11-19(12-10-18)29(31)32/h3-14,27H,1-2H3. The first kappa shape index (κ1) is 22.0. The van der Waals surface area contributed by atoms with Crippen LogP contribution in [0.1, 0.15) is 18.2 Å². The average molecular weight is 463 g/mol. The third-order valence-electron chi connectivity index (χ3n) is 4.93. The summed E-state index contributed by atoms with van der Waals surface area (Å²) in [5, 5.41) is 14.4. The van der Waals surface area contributed by atoms with E-state index < -0.39 is 4.92 Å². The van der Waals surface area contributed by atoms with E-state index in [9.17, 15) is 14.9 Å². The number of para-hydroxylation sites is 1. The lowest BCUT2D eigenvalue weighted by Gasteiger charge is -2.09. The third kappa shape index (κ3) is 4.70. The molecule has 1 aromatic heterocycles. The molecule has 3 aromatic carbocycles. The predicted molar refractivity (Wildman–Crippen MR) is 128 cm³/mol. The van der Waals surface area contributed by atoms with Gasteiger partial charge in [0, 0.05) is 22.8 Å². The quantitative estimate of drug-likeness (QED) is 0.216.